The summed E-state index contributed by atoms with van der Waals surface area (Å²) < 4.78 is 12.5. The van der Waals surface area contributed by atoms with Crippen molar-refractivity contribution >= 4 is 34.1 Å². The molecule has 2 heterocycles. The van der Waals surface area contributed by atoms with E-state index in [1.54, 1.807) is 25.1 Å². The number of nitrogens with one attached hydrogen (secondary N) is 1. The molecule has 0 saturated carbocycles. The molecule has 0 radical (unpaired) electrons. The molecule has 0 atom stereocenters. The smallest absolute Gasteiger partial charge is 0.168 e. The predicted octanol–water partition coefficient (Wildman–Crippen LogP) is 4.54. The lowest BCUT2D eigenvalue weighted by molar-refractivity contribution is 0.405. The van der Waals surface area contributed by atoms with Crippen molar-refractivity contribution in [3.63, 3.8) is 0 Å². The third-order valence-electron chi connectivity index (χ3n) is 4.42. The molecule has 0 aliphatic heterocycles. The number of nitrogens with zero attached hydrogens (tertiary/aromatic N) is 4. The molecule has 7 nitrogen and oxygen atoms in total. The molecule has 0 aliphatic rings. The van der Waals surface area contributed by atoms with Gasteiger partial charge in [0.25, 0.3) is 0 Å². The highest BCUT2D eigenvalue weighted by Gasteiger charge is 2.14. The minimum Gasteiger partial charge on any atom is -0.497 e. The van der Waals surface area contributed by atoms with E-state index in [9.17, 15) is 0 Å². The zero-order chi connectivity index (χ0) is 19.7. The van der Waals surface area contributed by atoms with Crippen LogP contribution in [0.1, 0.15) is 5.56 Å². The van der Waals surface area contributed by atoms with Crippen LogP contribution >= 0.6 is 11.6 Å². The van der Waals surface area contributed by atoms with Crippen LogP contribution in [0.15, 0.2) is 48.9 Å². The van der Waals surface area contributed by atoms with Gasteiger partial charge in [0.15, 0.2) is 5.65 Å². The molecule has 8 heteroatoms. The van der Waals surface area contributed by atoms with Crippen LogP contribution in [-0.2, 0) is 0 Å². The van der Waals surface area contributed by atoms with Crippen LogP contribution in [0, 0.1) is 6.92 Å². The van der Waals surface area contributed by atoms with Crippen molar-refractivity contribution in [2.45, 2.75) is 6.92 Å². The van der Waals surface area contributed by atoms with Crippen molar-refractivity contribution in [2.75, 3.05) is 19.5 Å². The number of hydrogen-bond donors (Lipinski definition) is 1. The molecule has 4 aromatic rings. The van der Waals surface area contributed by atoms with Gasteiger partial charge in [0.2, 0.25) is 0 Å². The number of ether oxygens (including phenoxy) is 2. The van der Waals surface area contributed by atoms with Gasteiger partial charge in [0.1, 0.15) is 23.6 Å². The van der Waals surface area contributed by atoms with E-state index in [2.05, 4.69) is 20.4 Å². The number of halogens is 1. The van der Waals surface area contributed by atoms with Gasteiger partial charge in [0.05, 0.1) is 37.2 Å². The van der Waals surface area contributed by atoms with Gasteiger partial charge in [-0.2, -0.15) is 5.10 Å². The summed E-state index contributed by atoms with van der Waals surface area (Å²) in [4.78, 5) is 8.80. The third-order valence-corrected chi connectivity index (χ3v) is 4.66. The lowest BCUT2D eigenvalue weighted by atomic mass is 10.2. The topological polar surface area (TPSA) is 74.1 Å². The van der Waals surface area contributed by atoms with Gasteiger partial charge in [0, 0.05) is 11.1 Å². The minimum absolute atomic E-state index is 0.613. The van der Waals surface area contributed by atoms with Gasteiger partial charge in [-0.1, -0.05) is 17.7 Å². The van der Waals surface area contributed by atoms with Crippen molar-refractivity contribution in [3.05, 3.63) is 59.5 Å². The number of anilines is 2. The fourth-order valence-corrected chi connectivity index (χ4v) is 3.14. The van der Waals surface area contributed by atoms with E-state index in [1.165, 1.54) is 6.33 Å². The lowest BCUT2D eigenvalue weighted by Crippen LogP contribution is -2.02. The number of fused-ring (bicyclic) bond motifs is 1. The highest BCUT2D eigenvalue weighted by atomic mass is 35.5. The zero-order valence-electron chi connectivity index (χ0n) is 15.6. The Balaban J connectivity index is 1.81. The second-order valence-electron chi connectivity index (χ2n) is 6.14. The summed E-state index contributed by atoms with van der Waals surface area (Å²) in [5, 5.41) is 9.21. The fourth-order valence-electron chi connectivity index (χ4n) is 2.97. The van der Waals surface area contributed by atoms with Crippen molar-refractivity contribution in [1.29, 1.82) is 0 Å². The van der Waals surface area contributed by atoms with Crippen molar-refractivity contribution in [1.82, 2.24) is 19.7 Å². The third kappa shape index (κ3) is 3.20. The Bertz CT molecular complexity index is 1160. The first kappa shape index (κ1) is 18.1. The summed E-state index contributed by atoms with van der Waals surface area (Å²) in [6, 6.07) is 11.2. The van der Waals surface area contributed by atoms with Crippen molar-refractivity contribution in [3.8, 4) is 17.2 Å². The van der Waals surface area contributed by atoms with Crippen LogP contribution in [0.3, 0.4) is 0 Å². The Morgan fingerprint density at radius 1 is 1.04 bits per heavy atom. The van der Waals surface area contributed by atoms with Gasteiger partial charge >= 0.3 is 0 Å². The van der Waals surface area contributed by atoms with Gasteiger partial charge < -0.3 is 14.8 Å². The van der Waals surface area contributed by atoms with Crippen molar-refractivity contribution in [2.24, 2.45) is 0 Å². The largest absolute Gasteiger partial charge is 0.497 e. The fraction of sp³-hybridized carbons (Fsp3) is 0.150. The maximum absolute atomic E-state index is 6.17. The number of methoxy groups -OCH3 is 2. The van der Waals surface area contributed by atoms with Crippen LogP contribution in [0.2, 0.25) is 5.02 Å². The van der Waals surface area contributed by atoms with Gasteiger partial charge in [-0.3, -0.25) is 0 Å². The molecular weight excluding hydrogens is 378 g/mol. The maximum Gasteiger partial charge on any atom is 0.168 e. The summed E-state index contributed by atoms with van der Waals surface area (Å²) in [6.45, 7) is 2.00. The van der Waals surface area contributed by atoms with Crippen LogP contribution in [-0.4, -0.2) is 34.0 Å². The van der Waals surface area contributed by atoms with E-state index in [0.29, 0.717) is 28.0 Å². The maximum atomic E-state index is 6.17. The van der Waals surface area contributed by atoms with Crippen LogP contribution < -0.4 is 14.8 Å². The SMILES string of the molecule is COc1ccc(OC)c(Nc2ncnc3c2cnn3-c2cc(Cl)ccc2C)c1. The van der Waals surface area contributed by atoms with Crippen LogP contribution in [0.4, 0.5) is 11.5 Å². The Hall–Kier alpha value is -3.32. The van der Waals surface area contributed by atoms with E-state index in [1.807, 2.05) is 43.3 Å². The molecule has 0 bridgehead atoms. The zero-order valence-corrected chi connectivity index (χ0v) is 16.4. The molecule has 2 aromatic heterocycles. The Labute approximate surface area is 166 Å². The van der Waals surface area contributed by atoms with Crippen LogP contribution in [0.5, 0.6) is 11.5 Å². The highest BCUT2D eigenvalue weighted by molar-refractivity contribution is 6.30. The normalized spacial score (nSPS) is 10.9. The van der Waals surface area contributed by atoms with Crippen molar-refractivity contribution < 1.29 is 9.47 Å². The molecule has 0 unspecified atom stereocenters. The van der Waals surface area contributed by atoms with E-state index in [-0.39, 0.29) is 0 Å². The number of hydrogen-bond acceptors (Lipinski definition) is 6. The first-order valence-electron chi connectivity index (χ1n) is 8.55. The number of rotatable bonds is 5. The molecule has 4 rings (SSSR count). The monoisotopic (exact) mass is 395 g/mol. The second-order valence-corrected chi connectivity index (χ2v) is 6.57. The Kier molecular flexibility index (Phi) is 4.75. The number of aromatic nitrogens is 4. The Morgan fingerprint density at radius 3 is 2.68 bits per heavy atom. The van der Waals surface area contributed by atoms with E-state index in [0.717, 1.165) is 22.3 Å². The lowest BCUT2D eigenvalue weighted by Gasteiger charge is -2.12. The van der Waals surface area contributed by atoms with E-state index < -0.39 is 0 Å². The molecule has 142 valence electrons. The van der Waals surface area contributed by atoms with Gasteiger partial charge in [-0.15, -0.1) is 0 Å². The van der Waals surface area contributed by atoms with Gasteiger partial charge in [-0.25, -0.2) is 14.6 Å². The van der Waals surface area contributed by atoms with Gasteiger partial charge in [-0.05, 0) is 36.8 Å². The molecule has 0 spiro atoms. The summed E-state index contributed by atoms with van der Waals surface area (Å²) in [5.41, 5.74) is 3.31. The summed E-state index contributed by atoms with van der Waals surface area (Å²) in [6.07, 6.45) is 3.22. The highest BCUT2D eigenvalue weighted by Crippen LogP contribution is 2.33. The molecule has 2 aromatic carbocycles. The first-order valence-corrected chi connectivity index (χ1v) is 8.93. The molecule has 0 saturated heterocycles. The summed E-state index contributed by atoms with van der Waals surface area (Å²) >= 11 is 6.17. The molecule has 0 fully saturated rings. The average Bonchev–Trinajstić information content (AvgIpc) is 3.14. The predicted molar refractivity (Wildman–Crippen MR) is 109 cm³/mol. The first-order chi connectivity index (χ1) is 13.6. The Morgan fingerprint density at radius 2 is 1.89 bits per heavy atom. The second kappa shape index (κ2) is 7.36. The summed E-state index contributed by atoms with van der Waals surface area (Å²) in [7, 11) is 3.23. The standard InChI is InChI=1S/C20H18ClN5O2/c1-12-4-5-13(21)8-17(12)26-20-15(10-24-26)19(22-11-23-20)25-16-9-14(27-2)6-7-18(16)28-3/h4-11H,1-3H3,(H,22,23,25). The molecular formula is C20H18ClN5O2. The minimum atomic E-state index is 0.613. The quantitative estimate of drug-likeness (QED) is 0.534. The number of benzene rings is 2. The van der Waals surface area contributed by atoms with E-state index in [4.69, 9.17) is 21.1 Å². The van der Waals surface area contributed by atoms with Crippen LogP contribution in [0.25, 0.3) is 16.7 Å². The molecule has 0 aliphatic carbocycles. The molecule has 28 heavy (non-hydrogen) atoms. The number of aryl methyl sites for hydroxylation is 1. The van der Waals surface area contributed by atoms with E-state index >= 15 is 0 Å². The molecule has 1 N–H and O–H groups in total. The average molecular weight is 396 g/mol. The summed E-state index contributed by atoms with van der Waals surface area (Å²) in [5.74, 6) is 1.99. The molecule has 0 amide bonds.